The van der Waals surface area contributed by atoms with E-state index in [-0.39, 0.29) is 11.3 Å². The van der Waals surface area contributed by atoms with E-state index in [1.807, 2.05) is 19.2 Å². The molecule has 8 heteroatoms. The first-order valence-electron chi connectivity index (χ1n) is 8.61. The molecule has 0 radical (unpaired) electrons. The van der Waals surface area contributed by atoms with Gasteiger partial charge in [0.25, 0.3) is 11.6 Å². The molecule has 0 spiro atoms. The largest absolute Gasteiger partial charge is 0.387 e. The van der Waals surface area contributed by atoms with Crippen LogP contribution >= 0.6 is 11.3 Å². The Morgan fingerprint density at radius 1 is 1.14 bits per heavy atom. The van der Waals surface area contributed by atoms with Crippen LogP contribution in [0.2, 0.25) is 0 Å². The summed E-state index contributed by atoms with van der Waals surface area (Å²) in [5.41, 5.74) is 5.83. The van der Waals surface area contributed by atoms with Crippen molar-refractivity contribution in [2.75, 3.05) is 17.7 Å². The van der Waals surface area contributed by atoms with Gasteiger partial charge in [-0.15, -0.1) is 11.3 Å². The molecule has 28 heavy (non-hydrogen) atoms. The summed E-state index contributed by atoms with van der Waals surface area (Å²) in [7, 11) is 1.66. The molecule has 0 bridgehead atoms. The van der Waals surface area contributed by atoms with Crippen molar-refractivity contribution in [3.05, 3.63) is 68.1 Å². The second kappa shape index (κ2) is 7.77. The van der Waals surface area contributed by atoms with Gasteiger partial charge in [-0.3, -0.25) is 20.2 Å². The Bertz CT molecular complexity index is 1050. The molecule has 3 aromatic rings. The number of amides is 1. The summed E-state index contributed by atoms with van der Waals surface area (Å²) in [6.07, 6.45) is 0. The molecular weight excluding hydrogens is 376 g/mol. The Hall–Kier alpha value is -3.26. The molecule has 1 amide bonds. The minimum Gasteiger partial charge on any atom is -0.387 e. The third-order valence-electron chi connectivity index (χ3n) is 4.39. The van der Waals surface area contributed by atoms with Crippen LogP contribution in [-0.4, -0.2) is 22.9 Å². The van der Waals surface area contributed by atoms with Crippen LogP contribution in [0.25, 0.3) is 11.3 Å². The first kappa shape index (κ1) is 19.5. The molecular formula is C20H20N4O3S. The number of carbonyl (C=O) groups excluding carboxylic acids is 1. The van der Waals surface area contributed by atoms with Crippen LogP contribution < -0.4 is 10.6 Å². The van der Waals surface area contributed by atoms with Gasteiger partial charge in [0.05, 0.1) is 16.2 Å². The van der Waals surface area contributed by atoms with Gasteiger partial charge >= 0.3 is 0 Å². The van der Waals surface area contributed by atoms with E-state index >= 15 is 0 Å². The van der Waals surface area contributed by atoms with Gasteiger partial charge in [0.2, 0.25) is 0 Å². The van der Waals surface area contributed by atoms with Gasteiger partial charge in [0.15, 0.2) is 5.13 Å². The highest BCUT2D eigenvalue weighted by molar-refractivity contribution is 7.14. The summed E-state index contributed by atoms with van der Waals surface area (Å²) in [6.45, 7) is 6.12. The Kier molecular flexibility index (Phi) is 5.41. The smallest absolute Gasteiger partial charge is 0.270 e. The minimum absolute atomic E-state index is 0.144. The van der Waals surface area contributed by atoms with Gasteiger partial charge in [-0.2, -0.15) is 0 Å². The van der Waals surface area contributed by atoms with E-state index in [1.54, 1.807) is 7.05 Å². The number of anilines is 2. The number of non-ortho nitro benzene ring substituents is 1. The van der Waals surface area contributed by atoms with Crippen LogP contribution in [0.15, 0.2) is 35.7 Å². The van der Waals surface area contributed by atoms with Gasteiger partial charge in [-0.25, -0.2) is 4.98 Å². The fourth-order valence-electron chi connectivity index (χ4n) is 3.25. The monoisotopic (exact) mass is 396 g/mol. The fourth-order valence-corrected chi connectivity index (χ4v) is 3.94. The average molecular weight is 396 g/mol. The number of nitrogens with one attached hydrogen (secondary N) is 2. The highest BCUT2D eigenvalue weighted by Crippen LogP contribution is 2.31. The van der Waals surface area contributed by atoms with Gasteiger partial charge < -0.3 is 5.32 Å². The number of hydrogen-bond acceptors (Lipinski definition) is 6. The SMILES string of the molecule is CNc1ccc([N+](=O)[O-])cc1C(=O)Nc1nc(-c2c(C)cc(C)cc2C)cs1. The molecule has 2 N–H and O–H groups in total. The molecule has 0 saturated heterocycles. The number of nitro benzene ring substituents is 1. The maximum atomic E-state index is 12.7. The predicted octanol–water partition coefficient (Wildman–Crippen LogP) is 4.94. The highest BCUT2D eigenvalue weighted by atomic mass is 32.1. The number of nitrogens with zero attached hydrogens (tertiary/aromatic N) is 2. The van der Waals surface area contributed by atoms with E-state index < -0.39 is 10.8 Å². The summed E-state index contributed by atoms with van der Waals surface area (Å²) >= 11 is 1.32. The van der Waals surface area contributed by atoms with Crippen molar-refractivity contribution in [3.63, 3.8) is 0 Å². The van der Waals surface area contributed by atoms with E-state index in [9.17, 15) is 14.9 Å². The van der Waals surface area contributed by atoms with Crippen molar-refractivity contribution in [2.24, 2.45) is 0 Å². The predicted molar refractivity (Wildman–Crippen MR) is 112 cm³/mol. The second-order valence-electron chi connectivity index (χ2n) is 6.50. The number of carbonyl (C=O) groups is 1. The van der Waals surface area contributed by atoms with Gasteiger partial charge in [0, 0.05) is 35.8 Å². The number of aromatic nitrogens is 1. The van der Waals surface area contributed by atoms with E-state index in [2.05, 4.69) is 34.7 Å². The molecule has 0 aliphatic rings. The summed E-state index contributed by atoms with van der Waals surface area (Å²) in [4.78, 5) is 27.7. The lowest BCUT2D eigenvalue weighted by Gasteiger charge is -2.09. The molecule has 3 rings (SSSR count). The van der Waals surface area contributed by atoms with Crippen molar-refractivity contribution >= 4 is 33.8 Å². The van der Waals surface area contributed by atoms with Crippen molar-refractivity contribution < 1.29 is 9.72 Å². The third kappa shape index (κ3) is 3.86. The lowest BCUT2D eigenvalue weighted by atomic mass is 9.98. The first-order valence-corrected chi connectivity index (χ1v) is 9.49. The number of benzene rings is 2. The summed E-state index contributed by atoms with van der Waals surface area (Å²) in [5, 5.41) is 19.0. The molecule has 0 aliphatic carbocycles. The Morgan fingerprint density at radius 3 is 2.43 bits per heavy atom. The minimum atomic E-state index is -0.527. The Morgan fingerprint density at radius 2 is 1.82 bits per heavy atom. The van der Waals surface area contributed by atoms with E-state index in [4.69, 9.17) is 0 Å². The lowest BCUT2D eigenvalue weighted by Crippen LogP contribution is -2.14. The number of rotatable bonds is 5. The van der Waals surface area contributed by atoms with Crippen LogP contribution in [0.5, 0.6) is 0 Å². The van der Waals surface area contributed by atoms with Crippen LogP contribution in [0.4, 0.5) is 16.5 Å². The molecule has 1 aromatic heterocycles. The van der Waals surface area contributed by atoms with E-state index in [1.165, 1.54) is 35.1 Å². The first-order chi connectivity index (χ1) is 13.3. The van der Waals surface area contributed by atoms with Crippen molar-refractivity contribution in [1.29, 1.82) is 0 Å². The molecule has 0 aliphatic heterocycles. The summed E-state index contributed by atoms with van der Waals surface area (Å²) in [6, 6.07) is 8.32. The average Bonchev–Trinajstić information content (AvgIpc) is 3.08. The molecule has 7 nitrogen and oxygen atoms in total. The van der Waals surface area contributed by atoms with Gasteiger partial charge in [-0.05, 0) is 38.0 Å². The van der Waals surface area contributed by atoms with Crippen LogP contribution in [-0.2, 0) is 0 Å². The maximum Gasteiger partial charge on any atom is 0.270 e. The third-order valence-corrected chi connectivity index (χ3v) is 5.14. The zero-order chi connectivity index (χ0) is 20.4. The van der Waals surface area contributed by atoms with Crippen molar-refractivity contribution in [1.82, 2.24) is 4.98 Å². The number of thiazole rings is 1. The van der Waals surface area contributed by atoms with Crippen molar-refractivity contribution in [2.45, 2.75) is 20.8 Å². The normalized spacial score (nSPS) is 10.6. The molecule has 1 heterocycles. The number of aryl methyl sites for hydroxylation is 3. The van der Waals surface area contributed by atoms with Gasteiger partial charge in [0.1, 0.15) is 0 Å². The lowest BCUT2D eigenvalue weighted by molar-refractivity contribution is -0.384. The fraction of sp³-hybridized carbons (Fsp3) is 0.200. The topological polar surface area (TPSA) is 97.2 Å². The molecule has 0 atom stereocenters. The number of hydrogen-bond donors (Lipinski definition) is 2. The molecule has 144 valence electrons. The van der Waals surface area contributed by atoms with Crippen LogP contribution in [0, 0.1) is 30.9 Å². The Labute approximate surface area is 166 Å². The van der Waals surface area contributed by atoms with Crippen LogP contribution in [0.3, 0.4) is 0 Å². The molecule has 0 unspecified atom stereocenters. The molecule has 2 aromatic carbocycles. The van der Waals surface area contributed by atoms with Crippen LogP contribution in [0.1, 0.15) is 27.0 Å². The van der Waals surface area contributed by atoms with E-state index in [0.717, 1.165) is 22.4 Å². The van der Waals surface area contributed by atoms with E-state index in [0.29, 0.717) is 10.8 Å². The maximum absolute atomic E-state index is 12.7. The zero-order valence-corrected chi connectivity index (χ0v) is 16.8. The molecule has 0 fully saturated rings. The van der Waals surface area contributed by atoms with Gasteiger partial charge in [-0.1, -0.05) is 17.7 Å². The zero-order valence-electron chi connectivity index (χ0n) is 16.0. The van der Waals surface area contributed by atoms with Crippen molar-refractivity contribution in [3.8, 4) is 11.3 Å². The standard InChI is InChI=1S/C20H20N4O3S/c1-11-7-12(2)18(13(3)8-11)17-10-28-20(22-17)23-19(25)15-9-14(24(26)27)5-6-16(15)21-4/h5-10,21H,1-4H3,(H,22,23,25). The summed E-state index contributed by atoms with van der Waals surface area (Å²) < 4.78 is 0. The summed E-state index contributed by atoms with van der Waals surface area (Å²) in [5.74, 6) is -0.453. The quantitative estimate of drug-likeness (QED) is 0.470. The number of nitro groups is 1. The molecule has 0 saturated carbocycles. The second-order valence-corrected chi connectivity index (χ2v) is 7.36. The highest BCUT2D eigenvalue weighted by Gasteiger charge is 2.18. The Balaban J connectivity index is 1.89.